The first-order valence-electron chi connectivity index (χ1n) is 6.18. The van der Waals surface area contributed by atoms with Gasteiger partial charge in [-0.2, -0.15) is 0 Å². The van der Waals surface area contributed by atoms with Crippen molar-refractivity contribution in [1.29, 1.82) is 0 Å². The van der Waals surface area contributed by atoms with Gasteiger partial charge in [-0.1, -0.05) is 19.9 Å². The fraction of sp³-hybridized carbons (Fsp3) is 0.500. The summed E-state index contributed by atoms with van der Waals surface area (Å²) in [6.07, 6.45) is 2.47. The molecular formula is C14H17Br2NO. The molecule has 18 heavy (non-hydrogen) atoms. The summed E-state index contributed by atoms with van der Waals surface area (Å²) in [4.78, 5) is 11.5. The second-order valence-electron chi connectivity index (χ2n) is 5.28. The minimum Gasteiger partial charge on any atom is -0.350 e. The number of benzene rings is 1. The molecule has 4 heteroatoms. The number of amides is 1. The Morgan fingerprint density at radius 1 is 1.33 bits per heavy atom. The number of rotatable bonds is 3. The SMILES string of the molecule is CC(C)C1(Cc2ccc(Br)c(Br)c2)CCC(=O)N1. The van der Waals surface area contributed by atoms with Gasteiger partial charge in [0.05, 0.1) is 0 Å². The van der Waals surface area contributed by atoms with E-state index in [4.69, 9.17) is 0 Å². The monoisotopic (exact) mass is 373 g/mol. The van der Waals surface area contributed by atoms with E-state index in [0.29, 0.717) is 12.3 Å². The van der Waals surface area contributed by atoms with Gasteiger partial charge in [-0.3, -0.25) is 4.79 Å². The largest absolute Gasteiger partial charge is 0.350 e. The Bertz CT molecular complexity index is 473. The average Bonchev–Trinajstić information content (AvgIpc) is 2.67. The zero-order valence-electron chi connectivity index (χ0n) is 10.6. The molecule has 1 aliphatic rings. The van der Waals surface area contributed by atoms with Crippen LogP contribution in [-0.4, -0.2) is 11.4 Å². The van der Waals surface area contributed by atoms with Gasteiger partial charge in [-0.15, -0.1) is 0 Å². The Morgan fingerprint density at radius 2 is 2.06 bits per heavy atom. The summed E-state index contributed by atoms with van der Waals surface area (Å²) in [5.74, 6) is 0.617. The van der Waals surface area contributed by atoms with E-state index in [1.165, 1.54) is 5.56 Å². The van der Waals surface area contributed by atoms with Crippen molar-refractivity contribution < 1.29 is 4.79 Å². The molecule has 0 aromatic heterocycles. The van der Waals surface area contributed by atoms with E-state index in [1.807, 2.05) is 6.07 Å². The molecule has 0 radical (unpaired) electrons. The minimum atomic E-state index is -0.0790. The van der Waals surface area contributed by atoms with Crippen LogP contribution in [0.5, 0.6) is 0 Å². The van der Waals surface area contributed by atoms with E-state index in [-0.39, 0.29) is 11.4 Å². The molecule has 1 heterocycles. The van der Waals surface area contributed by atoms with Gasteiger partial charge in [0.15, 0.2) is 0 Å². The highest BCUT2D eigenvalue weighted by Crippen LogP contribution is 2.33. The highest BCUT2D eigenvalue weighted by Gasteiger charge is 2.40. The Morgan fingerprint density at radius 3 is 2.56 bits per heavy atom. The molecule has 1 fully saturated rings. The molecule has 0 aliphatic carbocycles. The molecule has 1 amide bonds. The minimum absolute atomic E-state index is 0.0790. The van der Waals surface area contributed by atoms with Crippen molar-refractivity contribution in [2.75, 3.05) is 0 Å². The van der Waals surface area contributed by atoms with Crippen molar-refractivity contribution in [3.63, 3.8) is 0 Å². The summed E-state index contributed by atoms with van der Waals surface area (Å²) >= 11 is 7.01. The summed E-state index contributed by atoms with van der Waals surface area (Å²) in [5, 5.41) is 3.18. The van der Waals surface area contributed by atoms with E-state index in [2.05, 4.69) is 63.2 Å². The lowest BCUT2D eigenvalue weighted by Gasteiger charge is -2.33. The summed E-state index contributed by atoms with van der Waals surface area (Å²) < 4.78 is 2.11. The van der Waals surface area contributed by atoms with Crippen LogP contribution in [0.25, 0.3) is 0 Å². The van der Waals surface area contributed by atoms with Gasteiger partial charge >= 0.3 is 0 Å². The third-order valence-corrected chi connectivity index (χ3v) is 5.67. The highest BCUT2D eigenvalue weighted by molar-refractivity contribution is 9.13. The Hall–Kier alpha value is -0.350. The van der Waals surface area contributed by atoms with Crippen molar-refractivity contribution in [3.8, 4) is 0 Å². The van der Waals surface area contributed by atoms with Gasteiger partial charge in [0.2, 0.25) is 5.91 Å². The van der Waals surface area contributed by atoms with Crippen molar-refractivity contribution in [1.82, 2.24) is 5.32 Å². The smallest absolute Gasteiger partial charge is 0.220 e. The molecule has 2 nitrogen and oxygen atoms in total. The highest BCUT2D eigenvalue weighted by atomic mass is 79.9. The van der Waals surface area contributed by atoms with Gasteiger partial charge in [0.25, 0.3) is 0 Å². The molecule has 1 aliphatic heterocycles. The topological polar surface area (TPSA) is 29.1 Å². The summed E-state index contributed by atoms with van der Waals surface area (Å²) in [6, 6.07) is 6.28. The van der Waals surface area contributed by atoms with Crippen LogP contribution < -0.4 is 5.32 Å². The van der Waals surface area contributed by atoms with E-state index < -0.39 is 0 Å². The maximum absolute atomic E-state index is 11.5. The van der Waals surface area contributed by atoms with Gasteiger partial charge in [0, 0.05) is 20.9 Å². The van der Waals surface area contributed by atoms with Crippen molar-refractivity contribution in [3.05, 3.63) is 32.7 Å². The molecular weight excluding hydrogens is 358 g/mol. The van der Waals surface area contributed by atoms with Crippen LogP contribution in [0.4, 0.5) is 0 Å². The molecule has 1 aromatic carbocycles. The summed E-state index contributed by atoms with van der Waals surface area (Å²) in [7, 11) is 0. The van der Waals surface area contributed by atoms with Crippen LogP contribution in [0.2, 0.25) is 0 Å². The Balaban J connectivity index is 2.24. The zero-order valence-corrected chi connectivity index (χ0v) is 13.8. The van der Waals surface area contributed by atoms with Crippen molar-refractivity contribution >= 4 is 37.8 Å². The van der Waals surface area contributed by atoms with Gasteiger partial charge in [0.1, 0.15) is 0 Å². The maximum Gasteiger partial charge on any atom is 0.220 e. The Kier molecular flexibility index (Phi) is 4.17. The molecule has 1 unspecified atom stereocenters. The first-order valence-corrected chi connectivity index (χ1v) is 7.76. The molecule has 1 aromatic rings. The standard InChI is InChI=1S/C14H17Br2NO/c1-9(2)14(6-5-13(18)17-14)8-10-3-4-11(15)12(16)7-10/h3-4,7,9H,5-6,8H2,1-2H3,(H,17,18). The second kappa shape index (κ2) is 5.33. The number of halogens is 2. The predicted molar refractivity (Wildman–Crippen MR) is 80.5 cm³/mol. The third-order valence-electron chi connectivity index (χ3n) is 3.80. The summed E-state index contributed by atoms with van der Waals surface area (Å²) in [6.45, 7) is 4.36. The van der Waals surface area contributed by atoms with Gasteiger partial charge < -0.3 is 5.32 Å². The fourth-order valence-electron chi connectivity index (χ4n) is 2.52. The third kappa shape index (κ3) is 2.80. The lowest BCUT2D eigenvalue weighted by Crippen LogP contribution is -2.48. The molecule has 1 N–H and O–H groups in total. The van der Waals surface area contributed by atoms with E-state index >= 15 is 0 Å². The van der Waals surface area contributed by atoms with Crippen LogP contribution >= 0.6 is 31.9 Å². The molecule has 0 spiro atoms. The lowest BCUT2D eigenvalue weighted by atomic mass is 9.80. The van der Waals surface area contributed by atoms with Crippen LogP contribution in [0, 0.1) is 5.92 Å². The van der Waals surface area contributed by atoms with Crippen LogP contribution in [0.15, 0.2) is 27.1 Å². The molecule has 98 valence electrons. The first-order chi connectivity index (χ1) is 8.43. The van der Waals surface area contributed by atoms with E-state index in [1.54, 1.807) is 0 Å². The molecule has 1 atom stereocenters. The van der Waals surface area contributed by atoms with Crippen LogP contribution in [0.1, 0.15) is 32.3 Å². The quantitative estimate of drug-likeness (QED) is 0.849. The van der Waals surface area contributed by atoms with Crippen LogP contribution in [-0.2, 0) is 11.2 Å². The average molecular weight is 375 g/mol. The fourth-order valence-corrected chi connectivity index (χ4v) is 3.20. The number of nitrogens with one attached hydrogen (secondary N) is 1. The second-order valence-corrected chi connectivity index (χ2v) is 6.99. The van der Waals surface area contributed by atoms with E-state index in [0.717, 1.165) is 21.8 Å². The van der Waals surface area contributed by atoms with Gasteiger partial charge in [-0.05, 0) is 68.3 Å². The zero-order chi connectivity index (χ0) is 13.3. The van der Waals surface area contributed by atoms with E-state index in [9.17, 15) is 4.79 Å². The van der Waals surface area contributed by atoms with Gasteiger partial charge in [-0.25, -0.2) is 0 Å². The summed E-state index contributed by atoms with van der Waals surface area (Å²) in [5.41, 5.74) is 1.17. The predicted octanol–water partition coefficient (Wildman–Crippen LogP) is 4.06. The normalized spacial score (nSPS) is 23.5. The van der Waals surface area contributed by atoms with Crippen molar-refractivity contribution in [2.24, 2.45) is 5.92 Å². The Labute approximate surface area is 125 Å². The molecule has 0 saturated carbocycles. The van der Waals surface area contributed by atoms with Crippen LogP contribution in [0.3, 0.4) is 0 Å². The van der Waals surface area contributed by atoms with Crippen molar-refractivity contribution in [2.45, 2.75) is 38.6 Å². The number of hydrogen-bond acceptors (Lipinski definition) is 1. The number of carbonyl (C=O) groups excluding carboxylic acids is 1. The lowest BCUT2D eigenvalue weighted by molar-refractivity contribution is -0.120. The first kappa shape index (κ1) is 14.1. The number of carbonyl (C=O) groups is 1. The molecule has 0 bridgehead atoms. The molecule has 1 saturated heterocycles. The molecule has 2 rings (SSSR count). The number of hydrogen-bond donors (Lipinski definition) is 1. The maximum atomic E-state index is 11.5.